The minimum atomic E-state index is -0.136. The highest BCUT2D eigenvalue weighted by Gasteiger charge is 2.21. The van der Waals surface area contributed by atoms with Crippen LogP contribution in [0.15, 0.2) is 33.8 Å². The average Bonchev–Trinajstić information content (AvgIpc) is 2.93. The summed E-state index contributed by atoms with van der Waals surface area (Å²) < 4.78 is 3.96. The van der Waals surface area contributed by atoms with E-state index >= 15 is 0 Å². The molecule has 3 rings (SSSR count). The van der Waals surface area contributed by atoms with Crippen LogP contribution in [0.4, 0.5) is 0 Å². The monoisotopic (exact) mass is 291 g/mol. The molecule has 0 fully saturated rings. The largest absolute Gasteiger partial charge is 0.229 e. The lowest BCUT2D eigenvalue weighted by Gasteiger charge is -2.18. The molecule has 0 aliphatic carbocycles. The van der Waals surface area contributed by atoms with Gasteiger partial charge in [-0.3, -0.25) is 0 Å². The van der Waals surface area contributed by atoms with Crippen molar-refractivity contribution in [3.05, 3.63) is 24.3 Å². The van der Waals surface area contributed by atoms with Crippen molar-refractivity contribution < 1.29 is 0 Å². The van der Waals surface area contributed by atoms with E-state index < -0.39 is 0 Å². The zero-order valence-electron chi connectivity index (χ0n) is 10.9. The van der Waals surface area contributed by atoms with Gasteiger partial charge in [0.1, 0.15) is 0 Å². The van der Waals surface area contributed by atoms with Crippen LogP contribution in [0.1, 0.15) is 20.8 Å². The van der Waals surface area contributed by atoms with Crippen LogP contribution >= 0.6 is 23.1 Å². The third kappa shape index (κ3) is 2.48. The topological polar surface area (TPSA) is 56.5 Å². The molecule has 3 aromatic rings. The molecule has 0 amide bonds. The molecule has 0 bridgehead atoms. The summed E-state index contributed by atoms with van der Waals surface area (Å²) in [6.07, 6.45) is 0. The summed E-state index contributed by atoms with van der Waals surface area (Å²) in [7, 11) is 0. The Balaban J connectivity index is 1.95. The third-order valence-corrected chi connectivity index (χ3v) is 4.56. The van der Waals surface area contributed by atoms with E-state index in [4.69, 9.17) is 0 Å². The van der Waals surface area contributed by atoms with Gasteiger partial charge in [0, 0.05) is 0 Å². The highest BCUT2D eigenvalue weighted by atomic mass is 32.2. The van der Waals surface area contributed by atoms with Crippen LogP contribution < -0.4 is 0 Å². The van der Waals surface area contributed by atoms with Gasteiger partial charge in [-0.1, -0.05) is 12.1 Å². The van der Waals surface area contributed by atoms with E-state index in [1.165, 1.54) is 16.5 Å². The molecule has 2 heterocycles. The molecule has 0 spiro atoms. The van der Waals surface area contributed by atoms with E-state index in [2.05, 4.69) is 47.3 Å². The van der Waals surface area contributed by atoms with E-state index in [1.807, 2.05) is 22.9 Å². The Kier molecular flexibility index (Phi) is 3.02. The quantitative estimate of drug-likeness (QED) is 0.725. The Bertz CT molecular complexity index is 677. The van der Waals surface area contributed by atoms with Gasteiger partial charge in [-0.25, -0.2) is 9.67 Å². The van der Waals surface area contributed by atoms with Crippen molar-refractivity contribution in [3.63, 3.8) is 0 Å². The van der Waals surface area contributed by atoms with Crippen molar-refractivity contribution in [2.45, 2.75) is 35.8 Å². The molecule has 0 N–H and O–H groups in total. The molecule has 7 heteroatoms. The van der Waals surface area contributed by atoms with Gasteiger partial charge in [0.2, 0.25) is 5.16 Å². The predicted molar refractivity (Wildman–Crippen MR) is 76.6 cm³/mol. The number of hydrogen-bond acceptors (Lipinski definition) is 6. The molecule has 0 unspecified atom stereocenters. The first-order chi connectivity index (χ1) is 9.04. The molecule has 98 valence electrons. The lowest BCUT2D eigenvalue weighted by molar-refractivity contribution is 0.321. The van der Waals surface area contributed by atoms with Crippen LogP contribution in [0.5, 0.6) is 0 Å². The van der Waals surface area contributed by atoms with Crippen molar-refractivity contribution in [3.8, 4) is 0 Å². The van der Waals surface area contributed by atoms with Crippen LogP contribution in [0.3, 0.4) is 0 Å². The molecule has 1 aromatic carbocycles. The first-order valence-corrected chi connectivity index (χ1v) is 7.49. The lowest BCUT2D eigenvalue weighted by Crippen LogP contribution is -2.24. The predicted octanol–water partition coefficient (Wildman–Crippen LogP) is 3.19. The van der Waals surface area contributed by atoms with Crippen molar-refractivity contribution >= 4 is 33.3 Å². The molecule has 0 aliphatic rings. The van der Waals surface area contributed by atoms with E-state index in [0.29, 0.717) is 0 Å². The Morgan fingerprint density at radius 3 is 2.74 bits per heavy atom. The number of rotatable bonds is 2. The van der Waals surface area contributed by atoms with Crippen LogP contribution in [-0.2, 0) is 5.54 Å². The highest BCUT2D eigenvalue weighted by Crippen LogP contribution is 2.34. The average molecular weight is 291 g/mol. The molecular formula is C12H13N5S2. The Labute approximate surface area is 119 Å². The summed E-state index contributed by atoms with van der Waals surface area (Å²) in [5, 5.41) is 12.7. The van der Waals surface area contributed by atoms with E-state index in [9.17, 15) is 0 Å². The first kappa shape index (κ1) is 12.6. The molecule has 0 saturated heterocycles. The fourth-order valence-electron chi connectivity index (χ4n) is 1.64. The Morgan fingerprint density at radius 2 is 2.00 bits per heavy atom. The zero-order chi connectivity index (χ0) is 13.5. The summed E-state index contributed by atoms with van der Waals surface area (Å²) in [5.41, 5.74) is 0.882. The van der Waals surface area contributed by atoms with Gasteiger partial charge in [0.05, 0.1) is 15.8 Å². The first-order valence-electron chi connectivity index (χ1n) is 5.86. The number of benzene rings is 1. The fourth-order valence-corrected chi connectivity index (χ4v) is 3.77. The second-order valence-electron chi connectivity index (χ2n) is 5.09. The van der Waals surface area contributed by atoms with Crippen LogP contribution in [0.2, 0.25) is 0 Å². The van der Waals surface area contributed by atoms with Gasteiger partial charge in [-0.15, -0.1) is 16.4 Å². The maximum Gasteiger partial charge on any atom is 0.216 e. The number of fused-ring (bicyclic) bond motifs is 1. The number of hydrogen-bond donors (Lipinski definition) is 0. The second kappa shape index (κ2) is 4.57. The van der Waals surface area contributed by atoms with Gasteiger partial charge in [-0.2, -0.15) is 0 Å². The van der Waals surface area contributed by atoms with E-state index in [-0.39, 0.29) is 5.54 Å². The van der Waals surface area contributed by atoms with Crippen molar-refractivity contribution in [2.75, 3.05) is 0 Å². The van der Waals surface area contributed by atoms with Gasteiger partial charge < -0.3 is 0 Å². The Morgan fingerprint density at radius 1 is 1.21 bits per heavy atom. The van der Waals surface area contributed by atoms with E-state index in [1.54, 1.807) is 11.3 Å². The number of thiazole rings is 1. The molecule has 5 nitrogen and oxygen atoms in total. The summed E-state index contributed by atoms with van der Waals surface area (Å²) in [6, 6.07) is 8.11. The van der Waals surface area contributed by atoms with Crippen molar-refractivity contribution in [1.29, 1.82) is 0 Å². The summed E-state index contributed by atoms with van der Waals surface area (Å²) >= 11 is 3.17. The minimum absolute atomic E-state index is 0.136. The van der Waals surface area contributed by atoms with Crippen LogP contribution in [0.25, 0.3) is 10.2 Å². The fraction of sp³-hybridized carbons (Fsp3) is 0.333. The molecule has 19 heavy (non-hydrogen) atoms. The standard InChI is InChI=1S/C12H13N5S2/c1-12(2,3)17-10(14-15-16-17)19-11-13-8-6-4-5-7-9(8)18-11/h4-7H,1-3H3. The lowest BCUT2D eigenvalue weighted by atomic mass is 10.1. The number of para-hydroxylation sites is 1. The highest BCUT2D eigenvalue weighted by molar-refractivity contribution is 8.01. The van der Waals surface area contributed by atoms with Crippen LogP contribution in [-0.4, -0.2) is 25.2 Å². The smallest absolute Gasteiger partial charge is 0.216 e. The van der Waals surface area contributed by atoms with Gasteiger partial charge >= 0.3 is 0 Å². The summed E-state index contributed by atoms with van der Waals surface area (Å²) in [4.78, 5) is 4.58. The second-order valence-corrected chi connectivity index (χ2v) is 7.34. The minimum Gasteiger partial charge on any atom is -0.229 e. The van der Waals surface area contributed by atoms with Crippen molar-refractivity contribution in [2.24, 2.45) is 0 Å². The SMILES string of the molecule is CC(C)(C)n1nnnc1Sc1nc2ccccc2s1. The summed E-state index contributed by atoms with van der Waals surface area (Å²) in [5.74, 6) is 0. The maximum absolute atomic E-state index is 4.58. The van der Waals surface area contributed by atoms with Crippen LogP contribution in [0, 0.1) is 0 Å². The van der Waals surface area contributed by atoms with Gasteiger partial charge in [0.25, 0.3) is 0 Å². The Hall–Kier alpha value is -1.47. The molecule has 0 atom stereocenters. The molecule has 2 aromatic heterocycles. The molecule has 0 saturated carbocycles. The molecular weight excluding hydrogens is 278 g/mol. The van der Waals surface area contributed by atoms with E-state index in [0.717, 1.165) is 15.0 Å². The number of nitrogens with zero attached hydrogens (tertiary/aromatic N) is 5. The third-order valence-electron chi connectivity index (χ3n) is 2.53. The molecule has 0 radical (unpaired) electrons. The number of tetrazole rings is 1. The van der Waals surface area contributed by atoms with Gasteiger partial charge in [0.15, 0.2) is 4.34 Å². The van der Waals surface area contributed by atoms with Crippen molar-refractivity contribution in [1.82, 2.24) is 25.2 Å². The zero-order valence-corrected chi connectivity index (χ0v) is 12.5. The molecule has 0 aliphatic heterocycles. The van der Waals surface area contributed by atoms with Gasteiger partial charge in [-0.05, 0) is 55.1 Å². The number of aromatic nitrogens is 5. The normalized spacial score (nSPS) is 12.2. The summed E-state index contributed by atoms with van der Waals surface area (Å²) in [6.45, 7) is 6.23. The maximum atomic E-state index is 4.58.